The molecule has 136 valence electrons. The van der Waals surface area contributed by atoms with Gasteiger partial charge >= 0.3 is 6.18 Å². The number of hydrogen-bond donors (Lipinski definition) is 1. The summed E-state index contributed by atoms with van der Waals surface area (Å²) < 4.78 is 43.2. The van der Waals surface area contributed by atoms with Crippen molar-refractivity contribution in [2.75, 3.05) is 13.2 Å². The summed E-state index contributed by atoms with van der Waals surface area (Å²) >= 11 is 0. The van der Waals surface area contributed by atoms with Crippen LogP contribution in [0.5, 0.6) is 5.75 Å². The highest BCUT2D eigenvalue weighted by Crippen LogP contribution is 2.29. The molecule has 0 spiro atoms. The first-order chi connectivity index (χ1) is 12.3. The SMILES string of the molecule is Cc1ccc(OCC(=O)NCC#Cc2cccc(C(F)(F)F)c2)cc1C. The number of ether oxygens (including phenoxy) is 1. The average molecular weight is 361 g/mol. The zero-order valence-electron chi connectivity index (χ0n) is 14.4. The van der Waals surface area contributed by atoms with Crippen molar-refractivity contribution in [1.82, 2.24) is 5.32 Å². The first kappa shape index (κ1) is 19.4. The molecular formula is C20H18F3NO2. The van der Waals surface area contributed by atoms with Crippen LogP contribution in [0.4, 0.5) is 13.2 Å². The quantitative estimate of drug-likeness (QED) is 0.840. The van der Waals surface area contributed by atoms with Gasteiger partial charge in [-0.25, -0.2) is 0 Å². The number of amides is 1. The summed E-state index contributed by atoms with van der Waals surface area (Å²) in [7, 11) is 0. The Morgan fingerprint density at radius 2 is 1.88 bits per heavy atom. The van der Waals surface area contributed by atoms with E-state index in [2.05, 4.69) is 17.2 Å². The van der Waals surface area contributed by atoms with Gasteiger partial charge in [0.05, 0.1) is 12.1 Å². The maximum Gasteiger partial charge on any atom is 0.416 e. The number of rotatable bonds is 4. The van der Waals surface area contributed by atoms with Crippen LogP contribution < -0.4 is 10.1 Å². The van der Waals surface area contributed by atoms with Crippen LogP contribution in [0.25, 0.3) is 0 Å². The van der Waals surface area contributed by atoms with E-state index in [9.17, 15) is 18.0 Å². The highest BCUT2D eigenvalue weighted by molar-refractivity contribution is 5.77. The van der Waals surface area contributed by atoms with E-state index in [0.29, 0.717) is 5.75 Å². The predicted molar refractivity (Wildman–Crippen MR) is 92.7 cm³/mol. The van der Waals surface area contributed by atoms with Crippen molar-refractivity contribution in [2.24, 2.45) is 0 Å². The van der Waals surface area contributed by atoms with Crippen LogP contribution in [-0.4, -0.2) is 19.1 Å². The van der Waals surface area contributed by atoms with E-state index in [1.807, 2.05) is 26.0 Å². The third-order valence-electron chi connectivity index (χ3n) is 3.64. The molecule has 0 aromatic heterocycles. The summed E-state index contributed by atoms with van der Waals surface area (Å²) in [5.41, 5.74) is 1.68. The summed E-state index contributed by atoms with van der Waals surface area (Å²) in [5, 5.41) is 2.53. The highest BCUT2D eigenvalue weighted by atomic mass is 19.4. The minimum Gasteiger partial charge on any atom is -0.484 e. The van der Waals surface area contributed by atoms with Gasteiger partial charge in [-0.05, 0) is 55.3 Å². The van der Waals surface area contributed by atoms with E-state index in [4.69, 9.17) is 4.74 Å². The normalized spacial score (nSPS) is 10.7. The van der Waals surface area contributed by atoms with Crippen molar-refractivity contribution in [1.29, 1.82) is 0 Å². The molecule has 2 rings (SSSR count). The topological polar surface area (TPSA) is 38.3 Å². The molecule has 6 heteroatoms. The molecule has 1 amide bonds. The smallest absolute Gasteiger partial charge is 0.416 e. The van der Waals surface area contributed by atoms with Gasteiger partial charge in [0.1, 0.15) is 5.75 Å². The van der Waals surface area contributed by atoms with E-state index in [1.54, 1.807) is 6.07 Å². The molecule has 0 atom stereocenters. The van der Waals surface area contributed by atoms with Crippen molar-refractivity contribution in [2.45, 2.75) is 20.0 Å². The molecule has 3 nitrogen and oxygen atoms in total. The monoisotopic (exact) mass is 361 g/mol. The Morgan fingerprint density at radius 1 is 1.12 bits per heavy atom. The zero-order chi connectivity index (χ0) is 19.2. The third kappa shape index (κ3) is 5.85. The van der Waals surface area contributed by atoms with Gasteiger partial charge in [0.2, 0.25) is 0 Å². The Balaban J connectivity index is 1.82. The van der Waals surface area contributed by atoms with E-state index in [0.717, 1.165) is 23.3 Å². The van der Waals surface area contributed by atoms with Crippen LogP contribution >= 0.6 is 0 Å². The van der Waals surface area contributed by atoms with Crippen molar-refractivity contribution in [3.05, 3.63) is 64.7 Å². The number of alkyl halides is 3. The molecule has 0 aliphatic heterocycles. The Bertz CT molecular complexity index is 848. The van der Waals surface area contributed by atoms with Crippen LogP contribution in [0.2, 0.25) is 0 Å². The number of nitrogens with one attached hydrogen (secondary N) is 1. The van der Waals surface area contributed by atoms with Crippen LogP contribution in [0.15, 0.2) is 42.5 Å². The lowest BCUT2D eigenvalue weighted by Gasteiger charge is -2.08. The largest absolute Gasteiger partial charge is 0.484 e. The Kier molecular flexibility index (Phi) is 6.29. The van der Waals surface area contributed by atoms with Crippen molar-refractivity contribution in [3.8, 4) is 17.6 Å². The zero-order valence-corrected chi connectivity index (χ0v) is 14.4. The van der Waals surface area contributed by atoms with Gasteiger partial charge in [0.25, 0.3) is 5.91 Å². The standard InChI is InChI=1S/C20H18F3NO2/c1-14-8-9-18(11-15(14)2)26-13-19(25)24-10-4-6-16-5-3-7-17(12-16)20(21,22)23/h3,5,7-9,11-12H,10,13H2,1-2H3,(H,24,25). The number of benzene rings is 2. The van der Waals surface area contributed by atoms with E-state index < -0.39 is 11.7 Å². The predicted octanol–water partition coefficient (Wildman–Crippen LogP) is 3.87. The Morgan fingerprint density at radius 3 is 2.58 bits per heavy atom. The molecule has 0 aliphatic rings. The second-order valence-electron chi connectivity index (χ2n) is 5.69. The second-order valence-corrected chi connectivity index (χ2v) is 5.69. The molecule has 0 bridgehead atoms. The summed E-state index contributed by atoms with van der Waals surface area (Å²) in [6, 6.07) is 10.3. The number of halogens is 3. The average Bonchev–Trinajstić information content (AvgIpc) is 2.59. The number of hydrogen-bond acceptors (Lipinski definition) is 2. The molecule has 26 heavy (non-hydrogen) atoms. The summed E-state index contributed by atoms with van der Waals surface area (Å²) in [6.45, 7) is 3.79. The van der Waals surface area contributed by atoms with E-state index >= 15 is 0 Å². The van der Waals surface area contributed by atoms with Crippen LogP contribution in [0.1, 0.15) is 22.3 Å². The summed E-state index contributed by atoms with van der Waals surface area (Å²) in [5.74, 6) is 5.45. The lowest BCUT2D eigenvalue weighted by Crippen LogP contribution is -2.29. The molecule has 0 heterocycles. The van der Waals surface area contributed by atoms with E-state index in [1.165, 1.54) is 12.1 Å². The highest BCUT2D eigenvalue weighted by Gasteiger charge is 2.30. The number of carbonyl (C=O) groups is 1. The molecule has 0 fully saturated rings. The van der Waals surface area contributed by atoms with Crippen molar-refractivity contribution >= 4 is 5.91 Å². The maximum absolute atomic E-state index is 12.6. The molecule has 2 aromatic rings. The van der Waals surface area contributed by atoms with Gasteiger partial charge in [-0.1, -0.05) is 24.0 Å². The molecule has 2 aromatic carbocycles. The molecule has 0 saturated heterocycles. The fraction of sp³-hybridized carbons (Fsp3) is 0.250. The fourth-order valence-corrected chi connectivity index (χ4v) is 2.07. The number of carbonyl (C=O) groups excluding carboxylic acids is 1. The molecule has 0 aliphatic carbocycles. The van der Waals surface area contributed by atoms with Crippen LogP contribution in [0, 0.1) is 25.7 Å². The lowest BCUT2D eigenvalue weighted by molar-refractivity contribution is -0.137. The van der Waals surface area contributed by atoms with Gasteiger partial charge in [0.15, 0.2) is 6.61 Å². The Labute approximate surface area is 150 Å². The van der Waals surface area contributed by atoms with Gasteiger partial charge in [-0.2, -0.15) is 13.2 Å². The number of aryl methyl sites for hydroxylation is 2. The Hall–Kier alpha value is -2.94. The summed E-state index contributed by atoms with van der Waals surface area (Å²) in [4.78, 5) is 11.7. The van der Waals surface area contributed by atoms with Gasteiger partial charge in [0, 0.05) is 5.56 Å². The second kappa shape index (κ2) is 8.43. The lowest BCUT2D eigenvalue weighted by atomic mass is 10.1. The van der Waals surface area contributed by atoms with Crippen LogP contribution in [-0.2, 0) is 11.0 Å². The minimum atomic E-state index is -4.41. The van der Waals surface area contributed by atoms with Gasteiger partial charge in [-0.3, -0.25) is 4.79 Å². The molecule has 0 radical (unpaired) electrons. The van der Waals surface area contributed by atoms with Crippen molar-refractivity contribution in [3.63, 3.8) is 0 Å². The molecule has 0 unspecified atom stereocenters. The molecule has 0 saturated carbocycles. The molecular weight excluding hydrogens is 343 g/mol. The maximum atomic E-state index is 12.6. The van der Waals surface area contributed by atoms with Crippen molar-refractivity contribution < 1.29 is 22.7 Å². The summed E-state index contributed by atoms with van der Waals surface area (Å²) in [6.07, 6.45) is -4.41. The third-order valence-corrected chi connectivity index (χ3v) is 3.64. The van der Waals surface area contributed by atoms with E-state index in [-0.39, 0.29) is 24.6 Å². The van der Waals surface area contributed by atoms with Gasteiger partial charge in [-0.15, -0.1) is 0 Å². The fourth-order valence-electron chi connectivity index (χ4n) is 2.07. The first-order valence-electron chi connectivity index (χ1n) is 7.88. The minimum absolute atomic E-state index is 0.0192. The first-order valence-corrected chi connectivity index (χ1v) is 7.88. The molecule has 1 N–H and O–H groups in total. The van der Waals surface area contributed by atoms with Crippen LogP contribution in [0.3, 0.4) is 0 Å². The van der Waals surface area contributed by atoms with Gasteiger partial charge < -0.3 is 10.1 Å².